The topological polar surface area (TPSA) is 75.3 Å². The average molecular weight is 274 g/mol. The van der Waals surface area contributed by atoms with Crippen LogP contribution in [0.25, 0.3) is 0 Å². The van der Waals surface area contributed by atoms with E-state index in [1.54, 1.807) is 24.3 Å². The molecule has 0 aliphatic heterocycles. The fourth-order valence-electron chi connectivity index (χ4n) is 1.95. The van der Waals surface area contributed by atoms with Gasteiger partial charge in [0.15, 0.2) is 0 Å². The monoisotopic (exact) mass is 274 g/mol. The van der Waals surface area contributed by atoms with Gasteiger partial charge in [-0.05, 0) is 36.8 Å². The van der Waals surface area contributed by atoms with Gasteiger partial charge < -0.3 is 16.2 Å². The summed E-state index contributed by atoms with van der Waals surface area (Å²) in [6, 6.07) is 10.8. The summed E-state index contributed by atoms with van der Waals surface area (Å²) >= 11 is 0. The summed E-state index contributed by atoms with van der Waals surface area (Å²) in [7, 11) is 0. The third kappa shape index (κ3) is 2.88. The van der Waals surface area contributed by atoms with Crippen LogP contribution in [0.1, 0.15) is 28.9 Å². The minimum absolute atomic E-state index is 0.0568. The van der Waals surface area contributed by atoms with Crippen molar-refractivity contribution in [1.82, 2.24) is 0 Å². The number of para-hydroxylation sites is 1. The first-order chi connectivity index (χ1) is 9.49. The highest BCUT2D eigenvalue weighted by atomic mass is 19.1. The molecule has 0 radical (unpaired) electrons. The smallest absolute Gasteiger partial charge is 0.337 e. The second-order valence-electron chi connectivity index (χ2n) is 4.49. The van der Waals surface area contributed by atoms with Gasteiger partial charge in [0.25, 0.3) is 0 Å². The maximum atomic E-state index is 12.9. The summed E-state index contributed by atoms with van der Waals surface area (Å²) in [6.07, 6.45) is 0. The Bertz CT molecular complexity index is 626. The number of hydrogen-bond donors (Lipinski definition) is 3. The van der Waals surface area contributed by atoms with E-state index in [2.05, 4.69) is 5.32 Å². The van der Waals surface area contributed by atoms with E-state index in [-0.39, 0.29) is 23.1 Å². The quantitative estimate of drug-likeness (QED) is 0.748. The highest BCUT2D eigenvalue weighted by Crippen LogP contribution is 2.27. The predicted molar refractivity (Wildman–Crippen MR) is 76.3 cm³/mol. The van der Waals surface area contributed by atoms with E-state index in [0.29, 0.717) is 5.69 Å². The predicted octanol–water partition coefficient (Wildman–Crippen LogP) is 3.28. The SMILES string of the molecule is CC(Nc1cccc(C(=O)O)c1N)c1ccc(F)cc1. The molecular weight excluding hydrogens is 259 g/mol. The summed E-state index contributed by atoms with van der Waals surface area (Å²) in [5, 5.41) is 12.2. The van der Waals surface area contributed by atoms with E-state index >= 15 is 0 Å². The lowest BCUT2D eigenvalue weighted by Crippen LogP contribution is -2.11. The molecule has 104 valence electrons. The summed E-state index contributed by atoms with van der Waals surface area (Å²) in [5.41, 5.74) is 7.50. The van der Waals surface area contributed by atoms with Crippen LogP contribution < -0.4 is 11.1 Å². The standard InChI is InChI=1S/C15H15FN2O2/c1-9(10-5-7-11(16)8-6-10)18-13-4-2-3-12(14(13)17)15(19)20/h2-9,18H,17H2,1H3,(H,19,20). The van der Waals surface area contributed by atoms with Crippen LogP contribution in [-0.4, -0.2) is 11.1 Å². The summed E-state index contributed by atoms with van der Waals surface area (Å²) < 4.78 is 12.9. The number of halogens is 1. The van der Waals surface area contributed by atoms with Gasteiger partial charge in [0.2, 0.25) is 0 Å². The van der Waals surface area contributed by atoms with Gasteiger partial charge in [-0.2, -0.15) is 0 Å². The van der Waals surface area contributed by atoms with Gasteiger partial charge in [0, 0.05) is 6.04 Å². The van der Waals surface area contributed by atoms with Gasteiger partial charge in [0.05, 0.1) is 16.9 Å². The Morgan fingerprint density at radius 1 is 1.25 bits per heavy atom. The minimum atomic E-state index is -1.07. The van der Waals surface area contributed by atoms with Crippen LogP contribution in [0.2, 0.25) is 0 Å². The Labute approximate surface area is 116 Å². The number of anilines is 2. The van der Waals surface area contributed by atoms with Crippen LogP contribution in [0.15, 0.2) is 42.5 Å². The molecule has 0 saturated heterocycles. The largest absolute Gasteiger partial charge is 0.478 e. The molecule has 2 aromatic carbocycles. The van der Waals surface area contributed by atoms with E-state index in [1.165, 1.54) is 18.2 Å². The molecular formula is C15H15FN2O2. The number of nitrogens with one attached hydrogen (secondary N) is 1. The zero-order chi connectivity index (χ0) is 14.7. The second-order valence-corrected chi connectivity index (χ2v) is 4.49. The molecule has 0 bridgehead atoms. The molecule has 0 aliphatic rings. The number of carboxylic acids is 1. The van der Waals surface area contributed by atoms with Gasteiger partial charge in [-0.25, -0.2) is 9.18 Å². The Morgan fingerprint density at radius 2 is 1.90 bits per heavy atom. The molecule has 0 aliphatic carbocycles. The fraction of sp³-hybridized carbons (Fsp3) is 0.133. The van der Waals surface area contributed by atoms with E-state index in [1.807, 2.05) is 6.92 Å². The molecule has 0 spiro atoms. The number of rotatable bonds is 4. The van der Waals surface area contributed by atoms with Crippen LogP contribution in [0.5, 0.6) is 0 Å². The average Bonchev–Trinajstić information content (AvgIpc) is 2.41. The van der Waals surface area contributed by atoms with Crippen LogP contribution in [0, 0.1) is 5.82 Å². The summed E-state index contributed by atoms with van der Waals surface area (Å²) in [5.74, 6) is -1.37. The first kappa shape index (κ1) is 13.9. The van der Waals surface area contributed by atoms with Gasteiger partial charge >= 0.3 is 5.97 Å². The third-order valence-electron chi connectivity index (χ3n) is 3.08. The fourth-order valence-corrected chi connectivity index (χ4v) is 1.95. The number of carboxylic acid groups (broad SMARTS) is 1. The van der Waals surface area contributed by atoms with Crippen LogP contribution in [0.3, 0.4) is 0 Å². The van der Waals surface area contributed by atoms with Crippen molar-refractivity contribution >= 4 is 17.3 Å². The number of nitrogen functional groups attached to an aromatic ring is 1. The molecule has 20 heavy (non-hydrogen) atoms. The highest BCUT2D eigenvalue weighted by Gasteiger charge is 2.13. The Balaban J connectivity index is 2.23. The van der Waals surface area contributed by atoms with Crippen molar-refractivity contribution in [3.63, 3.8) is 0 Å². The zero-order valence-corrected chi connectivity index (χ0v) is 10.9. The molecule has 0 saturated carbocycles. The Morgan fingerprint density at radius 3 is 2.50 bits per heavy atom. The number of nitrogens with two attached hydrogens (primary N) is 1. The van der Waals surface area contributed by atoms with Crippen molar-refractivity contribution in [3.8, 4) is 0 Å². The van der Waals surface area contributed by atoms with Crippen LogP contribution in [0.4, 0.5) is 15.8 Å². The molecule has 2 rings (SSSR count). The van der Waals surface area contributed by atoms with Crippen molar-refractivity contribution in [1.29, 1.82) is 0 Å². The lowest BCUT2D eigenvalue weighted by Gasteiger charge is -2.18. The first-order valence-electron chi connectivity index (χ1n) is 6.13. The van der Waals surface area contributed by atoms with E-state index in [9.17, 15) is 9.18 Å². The molecule has 0 fully saturated rings. The van der Waals surface area contributed by atoms with Crippen molar-refractivity contribution in [2.45, 2.75) is 13.0 Å². The van der Waals surface area contributed by atoms with E-state index < -0.39 is 5.97 Å². The number of hydrogen-bond acceptors (Lipinski definition) is 3. The maximum Gasteiger partial charge on any atom is 0.337 e. The molecule has 1 atom stereocenters. The van der Waals surface area contributed by atoms with Gasteiger partial charge in [-0.3, -0.25) is 0 Å². The second kappa shape index (κ2) is 5.61. The van der Waals surface area contributed by atoms with Crippen molar-refractivity contribution < 1.29 is 14.3 Å². The van der Waals surface area contributed by atoms with Crippen molar-refractivity contribution in [2.24, 2.45) is 0 Å². The van der Waals surface area contributed by atoms with Gasteiger partial charge in [0.1, 0.15) is 5.82 Å². The van der Waals surface area contributed by atoms with E-state index in [0.717, 1.165) is 5.56 Å². The van der Waals surface area contributed by atoms with Crippen molar-refractivity contribution in [3.05, 3.63) is 59.4 Å². The summed E-state index contributed by atoms with van der Waals surface area (Å²) in [4.78, 5) is 11.0. The maximum absolute atomic E-state index is 12.9. The lowest BCUT2D eigenvalue weighted by atomic mass is 10.1. The molecule has 1 unspecified atom stereocenters. The highest BCUT2D eigenvalue weighted by molar-refractivity contribution is 5.97. The molecule has 2 aromatic rings. The van der Waals surface area contributed by atoms with Gasteiger partial charge in [-0.15, -0.1) is 0 Å². The van der Waals surface area contributed by atoms with Gasteiger partial charge in [-0.1, -0.05) is 18.2 Å². The number of aromatic carboxylic acids is 1. The molecule has 4 N–H and O–H groups in total. The van der Waals surface area contributed by atoms with Crippen molar-refractivity contribution in [2.75, 3.05) is 11.1 Å². The minimum Gasteiger partial charge on any atom is -0.478 e. The first-order valence-corrected chi connectivity index (χ1v) is 6.13. The molecule has 5 heteroatoms. The number of benzene rings is 2. The molecule has 4 nitrogen and oxygen atoms in total. The Hall–Kier alpha value is -2.56. The van der Waals surface area contributed by atoms with Crippen LogP contribution >= 0.6 is 0 Å². The zero-order valence-electron chi connectivity index (χ0n) is 10.9. The normalized spacial score (nSPS) is 11.9. The summed E-state index contributed by atoms with van der Waals surface area (Å²) in [6.45, 7) is 1.89. The molecule has 0 amide bonds. The van der Waals surface area contributed by atoms with Crippen LogP contribution in [-0.2, 0) is 0 Å². The third-order valence-corrected chi connectivity index (χ3v) is 3.08. The number of carbonyl (C=O) groups is 1. The van der Waals surface area contributed by atoms with E-state index in [4.69, 9.17) is 10.8 Å². The lowest BCUT2D eigenvalue weighted by molar-refractivity contribution is 0.0698. The molecule has 0 heterocycles. The molecule has 0 aromatic heterocycles. The Kier molecular flexibility index (Phi) is 3.89.